The number of carbonyl (C=O) groups is 1. The number of para-hydroxylation sites is 1. The van der Waals surface area contributed by atoms with Crippen molar-refractivity contribution >= 4 is 46.4 Å². The number of hydrogen-bond donors (Lipinski definition) is 1. The molecule has 3 N–H and O–H groups in total. The summed E-state index contributed by atoms with van der Waals surface area (Å²) in [7, 11) is 0. The molecule has 0 saturated carbocycles. The average Bonchev–Trinajstić information content (AvgIpc) is 3.26. The van der Waals surface area contributed by atoms with Crippen molar-refractivity contribution in [3.8, 4) is 0 Å². The minimum absolute atomic E-state index is 0. The van der Waals surface area contributed by atoms with Gasteiger partial charge in [0.05, 0.1) is 6.61 Å². The van der Waals surface area contributed by atoms with Crippen molar-refractivity contribution < 1.29 is 32.0 Å². The number of hydrogen-bond acceptors (Lipinski definition) is 2. The Morgan fingerprint density at radius 3 is 2.43 bits per heavy atom. The third kappa shape index (κ3) is 8.75. The standard InChI is InChI=1S/C27H24Cl3N3O2.ClH.H2O/c1-19-4-2-3-5-25(19)31-27(34)16-33-13-12-32(18-33)15-26(20-6-9-22(28)10-7-20)35-17-21-8-11-23(29)14-24(21)30;;/h2-14,18,26H,15-17H2,1H3;1H;1H2. The van der Waals surface area contributed by atoms with Gasteiger partial charge in [-0.15, -0.1) is 0 Å². The Hall–Kier alpha value is -2.58. The maximum Gasteiger partial charge on any atom is 0.266 e. The van der Waals surface area contributed by atoms with Gasteiger partial charge in [-0.2, -0.15) is 0 Å². The first kappa shape index (κ1) is 30.6. The highest BCUT2D eigenvalue weighted by Crippen LogP contribution is 2.26. The van der Waals surface area contributed by atoms with Crippen LogP contribution in [-0.4, -0.2) is 16.0 Å². The summed E-state index contributed by atoms with van der Waals surface area (Å²) < 4.78 is 10.1. The number of imidazole rings is 1. The van der Waals surface area contributed by atoms with Crippen LogP contribution in [0.2, 0.25) is 15.1 Å². The van der Waals surface area contributed by atoms with E-state index in [1.54, 1.807) is 12.1 Å². The summed E-state index contributed by atoms with van der Waals surface area (Å²) in [6.07, 6.45) is 5.41. The van der Waals surface area contributed by atoms with Crippen LogP contribution in [0.4, 0.5) is 5.69 Å². The number of ether oxygens (including phenoxy) is 1. The van der Waals surface area contributed by atoms with Gasteiger partial charge in [0.2, 0.25) is 6.33 Å². The van der Waals surface area contributed by atoms with Gasteiger partial charge in [-0.25, -0.2) is 9.13 Å². The number of amides is 1. The van der Waals surface area contributed by atoms with Gasteiger partial charge in [0.15, 0.2) is 6.54 Å². The molecule has 0 fully saturated rings. The molecular weight excluding hydrogens is 556 g/mol. The fourth-order valence-electron chi connectivity index (χ4n) is 3.66. The number of aryl methyl sites for hydroxylation is 1. The molecule has 1 aromatic heterocycles. The van der Waals surface area contributed by atoms with Gasteiger partial charge in [0.25, 0.3) is 5.91 Å². The maximum atomic E-state index is 12.5. The van der Waals surface area contributed by atoms with Crippen molar-refractivity contribution in [2.24, 2.45) is 0 Å². The second kappa shape index (κ2) is 14.4. The number of anilines is 1. The van der Waals surface area contributed by atoms with E-state index in [1.807, 2.05) is 89.4 Å². The van der Waals surface area contributed by atoms with Crippen LogP contribution in [-0.2, 0) is 29.2 Å². The molecule has 10 heteroatoms. The molecule has 6 nitrogen and oxygen atoms in total. The molecule has 1 heterocycles. The highest BCUT2D eigenvalue weighted by atomic mass is 35.5. The van der Waals surface area contributed by atoms with Gasteiger partial charge in [-0.1, -0.05) is 71.2 Å². The van der Waals surface area contributed by atoms with Crippen molar-refractivity contribution in [2.75, 3.05) is 5.32 Å². The molecule has 0 aliphatic heterocycles. The number of nitrogens with zero attached hydrogens (tertiary/aromatic N) is 2. The number of rotatable bonds is 9. The zero-order valence-electron chi connectivity index (χ0n) is 20.0. The van der Waals surface area contributed by atoms with Crippen LogP contribution in [0.25, 0.3) is 0 Å². The van der Waals surface area contributed by atoms with Crippen LogP contribution >= 0.6 is 34.8 Å². The molecule has 37 heavy (non-hydrogen) atoms. The number of aromatic nitrogens is 2. The summed E-state index contributed by atoms with van der Waals surface area (Å²) in [6, 6.07) is 20.6. The summed E-state index contributed by atoms with van der Waals surface area (Å²) >= 11 is 18.4. The van der Waals surface area contributed by atoms with Crippen LogP contribution < -0.4 is 22.3 Å². The maximum absolute atomic E-state index is 12.5. The van der Waals surface area contributed by atoms with Gasteiger partial charge in [0, 0.05) is 20.8 Å². The quantitative estimate of drug-likeness (QED) is 0.308. The highest BCUT2D eigenvalue weighted by molar-refractivity contribution is 6.35. The summed E-state index contributed by atoms with van der Waals surface area (Å²) in [6.45, 7) is 3.03. The summed E-state index contributed by atoms with van der Waals surface area (Å²) in [4.78, 5) is 12.5. The van der Waals surface area contributed by atoms with Crippen molar-refractivity contribution in [1.82, 2.24) is 4.57 Å². The van der Waals surface area contributed by atoms with Gasteiger partial charge in [0.1, 0.15) is 25.0 Å². The van der Waals surface area contributed by atoms with E-state index in [0.29, 0.717) is 28.2 Å². The number of nitrogens with one attached hydrogen (secondary N) is 1. The molecule has 196 valence electrons. The smallest absolute Gasteiger partial charge is 0.266 e. The summed E-state index contributed by atoms with van der Waals surface area (Å²) in [5.41, 5.74) is 3.67. The Morgan fingerprint density at radius 1 is 1.03 bits per heavy atom. The minimum Gasteiger partial charge on any atom is -1.00 e. The number of halogens is 4. The second-order valence-electron chi connectivity index (χ2n) is 8.23. The highest BCUT2D eigenvalue weighted by Gasteiger charge is 2.19. The Kier molecular flexibility index (Phi) is 11.9. The molecule has 0 radical (unpaired) electrons. The number of carbonyl (C=O) groups excluding carboxylic acids is 1. The summed E-state index contributed by atoms with van der Waals surface area (Å²) in [5, 5.41) is 4.76. The Morgan fingerprint density at radius 2 is 1.73 bits per heavy atom. The van der Waals surface area contributed by atoms with E-state index >= 15 is 0 Å². The molecule has 0 aliphatic rings. The fraction of sp³-hybridized carbons (Fsp3) is 0.185. The molecule has 0 bridgehead atoms. The topological polar surface area (TPSA) is 78.6 Å². The van der Waals surface area contributed by atoms with Crippen LogP contribution in [0.5, 0.6) is 0 Å². The van der Waals surface area contributed by atoms with Crippen LogP contribution in [0, 0.1) is 6.92 Å². The largest absolute Gasteiger partial charge is 1.00 e. The summed E-state index contributed by atoms with van der Waals surface area (Å²) in [5.74, 6) is -0.0927. The monoisotopic (exact) mass is 581 g/mol. The first-order chi connectivity index (χ1) is 16.9. The normalized spacial score (nSPS) is 11.2. The van der Waals surface area contributed by atoms with E-state index in [-0.39, 0.29) is 36.4 Å². The second-order valence-corrected chi connectivity index (χ2v) is 9.51. The van der Waals surface area contributed by atoms with Gasteiger partial charge < -0.3 is 27.9 Å². The average molecular weight is 583 g/mol. The SMILES string of the molecule is Cc1ccccc1NC(=O)Cn1cc[n+](CC(OCc2ccc(Cl)cc2Cl)c2ccc(Cl)cc2)c1.O.[Cl-]. The van der Waals surface area contributed by atoms with E-state index in [1.165, 1.54) is 0 Å². The molecule has 1 amide bonds. The molecule has 3 aromatic carbocycles. The molecule has 0 aliphatic carbocycles. The Balaban J connectivity index is 0.00000241. The Bertz CT molecular complexity index is 1310. The van der Waals surface area contributed by atoms with Crippen molar-refractivity contribution in [3.63, 3.8) is 0 Å². The fourth-order valence-corrected chi connectivity index (χ4v) is 4.25. The minimum atomic E-state index is -0.263. The van der Waals surface area contributed by atoms with E-state index in [9.17, 15) is 4.79 Å². The predicted molar refractivity (Wildman–Crippen MR) is 143 cm³/mol. The lowest BCUT2D eigenvalue weighted by atomic mass is 10.1. The first-order valence-electron chi connectivity index (χ1n) is 11.1. The van der Waals surface area contributed by atoms with Gasteiger partial charge >= 0.3 is 0 Å². The first-order valence-corrected chi connectivity index (χ1v) is 12.2. The number of benzene rings is 3. The lowest BCUT2D eigenvalue weighted by molar-refractivity contribution is -0.704. The molecule has 1 atom stereocenters. The van der Waals surface area contributed by atoms with Crippen molar-refractivity contribution in [3.05, 3.63) is 117 Å². The zero-order chi connectivity index (χ0) is 24.8. The van der Waals surface area contributed by atoms with Crippen molar-refractivity contribution in [1.29, 1.82) is 0 Å². The van der Waals surface area contributed by atoms with Crippen LogP contribution in [0.3, 0.4) is 0 Å². The van der Waals surface area contributed by atoms with E-state index in [0.717, 1.165) is 22.4 Å². The van der Waals surface area contributed by atoms with Gasteiger partial charge in [-0.05, 0) is 53.9 Å². The molecule has 0 saturated heterocycles. The van der Waals surface area contributed by atoms with Gasteiger partial charge in [-0.3, -0.25) is 4.79 Å². The predicted octanol–water partition coefficient (Wildman–Crippen LogP) is 2.82. The molecule has 0 spiro atoms. The third-order valence-corrected chi connectivity index (χ3v) is 6.40. The molecule has 4 aromatic rings. The lowest BCUT2D eigenvalue weighted by Gasteiger charge is -2.17. The van der Waals surface area contributed by atoms with Crippen LogP contribution in [0.1, 0.15) is 22.8 Å². The van der Waals surface area contributed by atoms with E-state index in [4.69, 9.17) is 39.5 Å². The Labute approximate surface area is 237 Å². The van der Waals surface area contributed by atoms with E-state index < -0.39 is 0 Å². The lowest BCUT2D eigenvalue weighted by Crippen LogP contribution is -3.00. The third-order valence-electron chi connectivity index (χ3n) is 5.57. The molecular formula is C27H27Cl4N3O3. The van der Waals surface area contributed by atoms with E-state index in [2.05, 4.69) is 5.32 Å². The van der Waals surface area contributed by atoms with Crippen molar-refractivity contribution in [2.45, 2.75) is 32.7 Å². The molecule has 1 unspecified atom stereocenters. The molecule has 4 rings (SSSR count). The zero-order valence-corrected chi connectivity index (χ0v) is 23.0. The van der Waals surface area contributed by atoms with Crippen LogP contribution in [0.15, 0.2) is 85.5 Å².